The third kappa shape index (κ3) is 7.02. The molecule has 0 saturated heterocycles. The lowest BCUT2D eigenvalue weighted by Gasteiger charge is -2.03. The van der Waals surface area contributed by atoms with Crippen molar-refractivity contribution in [2.45, 2.75) is 32.4 Å². The lowest BCUT2D eigenvalue weighted by atomic mass is 10.2. The normalized spacial score (nSPS) is 10.8. The fourth-order valence-electron chi connectivity index (χ4n) is 1.08. The molecule has 0 radical (unpaired) electrons. The Hall–Kier alpha value is -0.970. The van der Waals surface area contributed by atoms with E-state index in [0.717, 1.165) is 5.76 Å². The lowest BCUT2D eigenvalue weighted by molar-refractivity contribution is -0.135. The summed E-state index contributed by atoms with van der Waals surface area (Å²) in [6, 6.07) is 3.47. The molecule has 2 N–H and O–H groups in total. The van der Waals surface area contributed by atoms with Crippen LogP contribution in [0.4, 0.5) is 13.2 Å². The molecule has 0 aliphatic heterocycles. The minimum atomic E-state index is -4.05. The second-order valence-corrected chi connectivity index (χ2v) is 2.98. The zero-order valence-corrected chi connectivity index (χ0v) is 8.90. The van der Waals surface area contributed by atoms with Gasteiger partial charge in [0.2, 0.25) is 0 Å². The van der Waals surface area contributed by atoms with E-state index in [2.05, 4.69) is 5.73 Å². The fraction of sp³-hybridized carbons (Fsp3) is 0.600. The molecule has 0 unspecified atom stereocenters. The van der Waals surface area contributed by atoms with Gasteiger partial charge in [-0.05, 0) is 32.5 Å². The molecule has 1 rings (SSSR count). The molecular weight excluding hydrogens is 207 g/mol. The molecule has 1 heterocycles. The highest BCUT2D eigenvalue weighted by Crippen LogP contribution is 2.22. The van der Waals surface area contributed by atoms with Gasteiger partial charge < -0.3 is 10.2 Å². The summed E-state index contributed by atoms with van der Waals surface area (Å²) in [7, 11) is 1.50. The van der Waals surface area contributed by atoms with Crippen LogP contribution in [-0.2, 0) is 6.42 Å². The van der Waals surface area contributed by atoms with Gasteiger partial charge in [0, 0.05) is 12.8 Å². The Bertz CT molecular complexity index is 268. The Morgan fingerprint density at radius 3 is 2.27 bits per heavy atom. The number of halogens is 3. The molecule has 0 bridgehead atoms. The Morgan fingerprint density at radius 1 is 1.27 bits per heavy atom. The number of hydrogen-bond acceptors (Lipinski definition) is 2. The van der Waals surface area contributed by atoms with Gasteiger partial charge in [0.1, 0.15) is 11.5 Å². The monoisotopic (exact) mass is 223 g/mol. The molecule has 0 aliphatic carbocycles. The summed E-state index contributed by atoms with van der Waals surface area (Å²) in [4.78, 5) is 0. The summed E-state index contributed by atoms with van der Waals surface area (Å²) in [5, 5.41) is 0. The Balaban J connectivity index is 0.000000921. The number of alkyl halides is 3. The molecule has 0 aromatic carbocycles. The molecule has 15 heavy (non-hydrogen) atoms. The van der Waals surface area contributed by atoms with Crippen LogP contribution in [0.15, 0.2) is 16.5 Å². The van der Waals surface area contributed by atoms with E-state index in [0.29, 0.717) is 12.2 Å². The summed E-state index contributed by atoms with van der Waals surface area (Å²) < 4.78 is 40.3. The summed E-state index contributed by atoms with van der Waals surface area (Å²) in [5.74, 6) is 1.36. The SMILES string of the molecule is CN.Cc1ccc(CCCC(F)(F)F)o1. The first-order valence-corrected chi connectivity index (χ1v) is 4.67. The Morgan fingerprint density at radius 2 is 1.87 bits per heavy atom. The van der Waals surface area contributed by atoms with Gasteiger partial charge in [0.25, 0.3) is 0 Å². The summed E-state index contributed by atoms with van der Waals surface area (Å²) in [5.41, 5.74) is 4.50. The van der Waals surface area contributed by atoms with Gasteiger partial charge in [0.15, 0.2) is 0 Å². The summed E-state index contributed by atoms with van der Waals surface area (Å²) in [6.07, 6.45) is -4.35. The number of hydrogen-bond donors (Lipinski definition) is 1. The zero-order valence-electron chi connectivity index (χ0n) is 8.90. The van der Waals surface area contributed by atoms with Crippen molar-refractivity contribution >= 4 is 0 Å². The van der Waals surface area contributed by atoms with Crippen LogP contribution in [0.25, 0.3) is 0 Å². The van der Waals surface area contributed by atoms with E-state index in [9.17, 15) is 13.2 Å². The fourth-order valence-corrected chi connectivity index (χ4v) is 1.08. The van der Waals surface area contributed by atoms with Gasteiger partial charge in [-0.3, -0.25) is 0 Å². The predicted octanol–water partition coefficient (Wildman–Crippen LogP) is 3.05. The number of nitrogens with two attached hydrogens (primary N) is 1. The highest BCUT2D eigenvalue weighted by atomic mass is 19.4. The molecule has 0 atom stereocenters. The average molecular weight is 223 g/mol. The molecule has 0 aliphatic rings. The van der Waals surface area contributed by atoms with Gasteiger partial charge in [-0.1, -0.05) is 0 Å². The van der Waals surface area contributed by atoms with E-state index in [1.165, 1.54) is 7.05 Å². The third-order valence-electron chi connectivity index (χ3n) is 1.68. The van der Waals surface area contributed by atoms with Gasteiger partial charge in [-0.15, -0.1) is 0 Å². The second-order valence-electron chi connectivity index (χ2n) is 2.98. The molecule has 0 fully saturated rings. The van der Waals surface area contributed by atoms with Crippen LogP contribution >= 0.6 is 0 Å². The van der Waals surface area contributed by atoms with Crippen molar-refractivity contribution in [1.29, 1.82) is 0 Å². The van der Waals surface area contributed by atoms with Crippen molar-refractivity contribution < 1.29 is 17.6 Å². The highest BCUT2D eigenvalue weighted by Gasteiger charge is 2.26. The molecule has 1 aromatic heterocycles. The van der Waals surface area contributed by atoms with E-state index in [4.69, 9.17) is 4.42 Å². The van der Waals surface area contributed by atoms with E-state index < -0.39 is 12.6 Å². The van der Waals surface area contributed by atoms with E-state index >= 15 is 0 Å². The van der Waals surface area contributed by atoms with Crippen LogP contribution in [0.3, 0.4) is 0 Å². The quantitative estimate of drug-likeness (QED) is 0.855. The van der Waals surface area contributed by atoms with Crippen LogP contribution in [0.1, 0.15) is 24.4 Å². The largest absolute Gasteiger partial charge is 0.466 e. The minimum absolute atomic E-state index is 0.0937. The van der Waals surface area contributed by atoms with Gasteiger partial charge in [-0.2, -0.15) is 13.2 Å². The number of furan rings is 1. The maximum Gasteiger partial charge on any atom is 0.389 e. The second kappa shape index (κ2) is 6.50. The Labute approximate surface area is 87.3 Å². The molecule has 0 spiro atoms. The standard InChI is InChI=1S/C9H11F3O.CH5N/c1-7-4-5-8(13-7)3-2-6-9(10,11)12;1-2/h4-5H,2-3,6H2,1H3;2H2,1H3. The third-order valence-corrected chi connectivity index (χ3v) is 1.68. The van der Waals surface area contributed by atoms with Crippen molar-refractivity contribution in [3.05, 3.63) is 23.7 Å². The number of rotatable bonds is 3. The van der Waals surface area contributed by atoms with Crippen LogP contribution in [0.5, 0.6) is 0 Å². The molecule has 5 heteroatoms. The lowest BCUT2D eigenvalue weighted by Crippen LogP contribution is -2.06. The molecular formula is C10H16F3NO. The topological polar surface area (TPSA) is 39.2 Å². The summed E-state index contributed by atoms with van der Waals surface area (Å²) in [6.45, 7) is 1.77. The highest BCUT2D eigenvalue weighted by molar-refractivity contribution is 5.05. The van der Waals surface area contributed by atoms with Crippen LogP contribution in [0.2, 0.25) is 0 Å². The average Bonchev–Trinajstić information content (AvgIpc) is 2.53. The van der Waals surface area contributed by atoms with Crippen molar-refractivity contribution in [1.82, 2.24) is 0 Å². The van der Waals surface area contributed by atoms with Crippen LogP contribution in [-0.4, -0.2) is 13.2 Å². The predicted molar refractivity (Wildman–Crippen MR) is 52.5 cm³/mol. The van der Waals surface area contributed by atoms with Gasteiger partial charge in [-0.25, -0.2) is 0 Å². The van der Waals surface area contributed by atoms with Crippen molar-refractivity contribution in [3.63, 3.8) is 0 Å². The molecule has 2 nitrogen and oxygen atoms in total. The minimum Gasteiger partial charge on any atom is -0.466 e. The maximum absolute atomic E-state index is 11.7. The van der Waals surface area contributed by atoms with E-state index in [1.807, 2.05) is 0 Å². The van der Waals surface area contributed by atoms with Crippen molar-refractivity contribution in [2.24, 2.45) is 5.73 Å². The smallest absolute Gasteiger partial charge is 0.389 e. The maximum atomic E-state index is 11.7. The molecule has 1 aromatic rings. The van der Waals surface area contributed by atoms with E-state index in [1.54, 1.807) is 19.1 Å². The number of aryl methyl sites for hydroxylation is 2. The molecule has 0 saturated carbocycles. The first-order valence-electron chi connectivity index (χ1n) is 4.67. The molecule has 88 valence electrons. The first kappa shape index (κ1) is 14.0. The van der Waals surface area contributed by atoms with Gasteiger partial charge >= 0.3 is 6.18 Å². The van der Waals surface area contributed by atoms with Crippen LogP contribution < -0.4 is 5.73 Å². The van der Waals surface area contributed by atoms with Crippen molar-refractivity contribution in [2.75, 3.05) is 7.05 Å². The first-order chi connectivity index (χ1) is 6.97. The van der Waals surface area contributed by atoms with Crippen molar-refractivity contribution in [3.8, 4) is 0 Å². The van der Waals surface area contributed by atoms with E-state index in [-0.39, 0.29) is 6.42 Å². The zero-order chi connectivity index (χ0) is 11.9. The van der Waals surface area contributed by atoms with Gasteiger partial charge in [0.05, 0.1) is 0 Å². The molecule has 0 amide bonds. The Kier molecular flexibility index (Phi) is 6.08. The van der Waals surface area contributed by atoms with Crippen LogP contribution in [0, 0.1) is 6.92 Å². The summed E-state index contributed by atoms with van der Waals surface area (Å²) >= 11 is 0.